The summed E-state index contributed by atoms with van der Waals surface area (Å²) in [4.78, 5) is 36.7. The molecule has 2 aromatic carbocycles. The molecule has 0 spiro atoms. The first kappa shape index (κ1) is 22.3. The number of hydrogen-bond acceptors (Lipinski definition) is 7. The summed E-state index contributed by atoms with van der Waals surface area (Å²) in [5.41, 5.74) is 2.44. The number of anilines is 1. The molecule has 0 aliphatic carbocycles. The van der Waals surface area contributed by atoms with Crippen molar-refractivity contribution in [2.75, 3.05) is 44.8 Å². The number of Topliss-reactive ketones (excluding diaryl/α,β-unsaturated/α-hetero) is 1. The highest BCUT2D eigenvalue weighted by Crippen LogP contribution is 2.24. The van der Waals surface area contributed by atoms with Gasteiger partial charge in [0.25, 0.3) is 5.91 Å². The number of piperazine rings is 1. The van der Waals surface area contributed by atoms with Gasteiger partial charge in [0.2, 0.25) is 0 Å². The van der Waals surface area contributed by atoms with Crippen molar-refractivity contribution >= 4 is 17.5 Å². The van der Waals surface area contributed by atoms with Gasteiger partial charge in [-0.2, -0.15) is 0 Å². The number of nitrogens with zero attached hydrogens (tertiary/aromatic N) is 4. The van der Waals surface area contributed by atoms with E-state index in [0.29, 0.717) is 37.5 Å². The van der Waals surface area contributed by atoms with E-state index >= 15 is 0 Å². The molecule has 0 bridgehead atoms. The molecule has 0 unspecified atom stereocenters. The summed E-state index contributed by atoms with van der Waals surface area (Å²) >= 11 is 0. The van der Waals surface area contributed by atoms with E-state index in [9.17, 15) is 9.59 Å². The van der Waals surface area contributed by atoms with Crippen LogP contribution in [0.3, 0.4) is 0 Å². The van der Waals surface area contributed by atoms with Crippen LogP contribution in [0, 0.1) is 0 Å². The van der Waals surface area contributed by atoms with Gasteiger partial charge in [0.1, 0.15) is 23.6 Å². The summed E-state index contributed by atoms with van der Waals surface area (Å²) in [5, 5.41) is 0. The van der Waals surface area contributed by atoms with E-state index in [1.165, 1.54) is 6.92 Å². The predicted molar refractivity (Wildman–Crippen MR) is 125 cm³/mol. The molecule has 0 saturated carbocycles. The Morgan fingerprint density at radius 1 is 0.909 bits per heavy atom. The summed E-state index contributed by atoms with van der Waals surface area (Å²) in [7, 11) is 1.64. The van der Waals surface area contributed by atoms with Gasteiger partial charge in [-0.05, 0) is 55.5 Å². The highest BCUT2D eigenvalue weighted by Gasteiger charge is 2.22. The summed E-state index contributed by atoms with van der Waals surface area (Å²) in [6.07, 6.45) is 1.57. The third kappa shape index (κ3) is 5.46. The monoisotopic (exact) mass is 446 g/mol. The summed E-state index contributed by atoms with van der Waals surface area (Å²) in [6.45, 7) is 4.02. The lowest BCUT2D eigenvalue weighted by Crippen LogP contribution is -2.50. The molecule has 1 aromatic heterocycles. The highest BCUT2D eigenvalue weighted by atomic mass is 16.5. The number of ether oxygens (including phenoxy) is 2. The fourth-order valence-electron chi connectivity index (χ4n) is 3.65. The van der Waals surface area contributed by atoms with Crippen LogP contribution >= 0.6 is 0 Å². The van der Waals surface area contributed by atoms with Crippen LogP contribution in [-0.4, -0.2) is 66.5 Å². The smallest absolute Gasteiger partial charge is 0.260 e. The van der Waals surface area contributed by atoms with E-state index in [1.54, 1.807) is 42.6 Å². The third-order valence-electron chi connectivity index (χ3n) is 5.62. The van der Waals surface area contributed by atoms with E-state index in [0.717, 1.165) is 22.8 Å². The first-order chi connectivity index (χ1) is 16.0. The molecule has 2 heterocycles. The van der Waals surface area contributed by atoms with Gasteiger partial charge in [-0.3, -0.25) is 9.59 Å². The summed E-state index contributed by atoms with van der Waals surface area (Å²) < 4.78 is 10.8. The van der Waals surface area contributed by atoms with Gasteiger partial charge in [-0.25, -0.2) is 9.97 Å². The van der Waals surface area contributed by atoms with E-state index in [-0.39, 0.29) is 18.3 Å². The maximum Gasteiger partial charge on any atom is 0.260 e. The fraction of sp³-hybridized carbons (Fsp3) is 0.280. The van der Waals surface area contributed by atoms with Crippen molar-refractivity contribution in [3.63, 3.8) is 0 Å². The number of amides is 1. The molecule has 1 amide bonds. The number of aromatic nitrogens is 2. The van der Waals surface area contributed by atoms with Crippen molar-refractivity contribution in [2.24, 2.45) is 0 Å². The van der Waals surface area contributed by atoms with Crippen LogP contribution in [0.5, 0.6) is 11.5 Å². The molecular formula is C25H26N4O4. The maximum absolute atomic E-state index is 12.6. The predicted octanol–water partition coefficient (Wildman–Crippen LogP) is 3.08. The Labute approximate surface area is 192 Å². The SMILES string of the molecule is COc1ccc(-c2cc(N3CCN(C(=O)COc4ccc(C(C)=O)cc4)CC3)ncn2)cc1. The maximum atomic E-state index is 12.6. The van der Waals surface area contributed by atoms with Gasteiger partial charge in [0, 0.05) is 43.4 Å². The second-order valence-electron chi connectivity index (χ2n) is 7.73. The number of carbonyl (C=O) groups excluding carboxylic acids is 2. The van der Waals surface area contributed by atoms with E-state index in [1.807, 2.05) is 30.3 Å². The first-order valence-electron chi connectivity index (χ1n) is 10.8. The minimum absolute atomic E-state index is 0.00435. The molecule has 33 heavy (non-hydrogen) atoms. The quantitative estimate of drug-likeness (QED) is 0.516. The number of ketones is 1. The zero-order chi connectivity index (χ0) is 23.2. The van der Waals surface area contributed by atoms with E-state index < -0.39 is 0 Å². The highest BCUT2D eigenvalue weighted by molar-refractivity contribution is 5.94. The van der Waals surface area contributed by atoms with Crippen LogP contribution in [0.1, 0.15) is 17.3 Å². The van der Waals surface area contributed by atoms with Crippen LogP contribution in [0.4, 0.5) is 5.82 Å². The zero-order valence-electron chi connectivity index (χ0n) is 18.7. The minimum Gasteiger partial charge on any atom is -0.497 e. The topological polar surface area (TPSA) is 84.9 Å². The van der Waals surface area contributed by atoms with Crippen molar-refractivity contribution in [2.45, 2.75) is 6.92 Å². The van der Waals surface area contributed by atoms with Crippen molar-refractivity contribution < 1.29 is 19.1 Å². The van der Waals surface area contributed by atoms with Gasteiger partial charge < -0.3 is 19.3 Å². The molecule has 1 saturated heterocycles. The molecule has 1 aliphatic rings. The van der Waals surface area contributed by atoms with Gasteiger partial charge in [0.15, 0.2) is 12.4 Å². The molecule has 170 valence electrons. The first-order valence-corrected chi connectivity index (χ1v) is 10.8. The Bertz CT molecular complexity index is 1110. The van der Waals surface area contributed by atoms with E-state index in [2.05, 4.69) is 14.9 Å². The standard InChI is InChI=1S/C25H26N4O4/c1-18(30)19-3-9-22(10-4-19)33-16-25(31)29-13-11-28(12-14-29)24-15-23(26-17-27-24)20-5-7-21(32-2)8-6-20/h3-10,15,17H,11-14,16H2,1-2H3. The molecule has 8 nitrogen and oxygen atoms in total. The largest absolute Gasteiger partial charge is 0.497 e. The molecule has 4 rings (SSSR count). The van der Waals surface area contributed by atoms with Gasteiger partial charge in [-0.15, -0.1) is 0 Å². The lowest BCUT2D eigenvalue weighted by molar-refractivity contribution is -0.133. The van der Waals surface area contributed by atoms with Gasteiger partial charge in [0.05, 0.1) is 12.8 Å². The van der Waals surface area contributed by atoms with Crippen LogP contribution in [0.2, 0.25) is 0 Å². The van der Waals surface area contributed by atoms with E-state index in [4.69, 9.17) is 9.47 Å². The van der Waals surface area contributed by atoms with Crippen LogP contribution < -0.4 is 14.4 Å². The summed E-state index contributed by atoms with van der Waals surface area (Å²) in [6, 6.07) is 16.5. The molecule has 1 aliphatic heterocycles. The van der Waals surface area contributed by atoms with Crippen molar-refractivity contribution in [3.8, 4) is 22.8 Å². The lowest BCUT2D eigenvalue weighted by atomic mass is 10.1. The third-order valence-corrected chi connectivity index (χ3v) is 5.62. The zero-order valence-corrected chi connectivity index (χ0v) is 18.7. The van der Waals surface area contributed by atoms with Crippen molar-refractivity contribution in [3.05, 3.63) is 66.5 Å². The second-order valence-corrected chi connectivity index (χ2v) is 7.73. The fourth-order valence-corrected chi connectivity index (χ4v) is 3.65. The van der Waals surface area contributed by atoms with Crippen LogP contribution in [0.25, 0.3) is 11.3 Å². The molecule has 3 aromatic rings. The molecular weight excluding hydrogens is 420 g/mol. The molecule has 8 heteroatoms. The second kappa shape index (κ2) is 10.1. The normalized spacial score (nSPS) is 13.5. The molecule has 0 atom stereocenters. The van der Waals surface area contributed by atoms with Crippen LogP contribution in [0.15, 0.2) is 60.9 Å². The Morgan fingerprint density at radius 3 is 2.21 bits per heavy atom. The van der Waals surface area contributed by atoms with Crippen LogP contribution in [-0.2, 0) is 4.79 Å². The average Bonchev–Trinajstić information content (AvgIpc) is 2.87. The van der Waals surface area contributed by atoms with Gasteiger partial charge in [-0.1, -0.05) is 0 Å². The van der Waals surface area contributed by atoms with Gasteiger partial charge >= 0.3 is 0 Å². The Hall–Kier alpha value is -3.94. The number of benzene rings is 2. The number of rotatable bonds is 7. The lowest BCUT2D eigenvalue weighted by Gasteiger charge is -2.35. The average molecular weight is 447 g/mol. The minimum atomic E-state index is -0.0631. The van der Waals surface area contributed by atoms with Crippen molar-refractivity contribution in [1.29, 1.82) is 0 Å². The number of methoxy groups -OCH3 is 1. The summed E-state index contributed by atoms with van der Waals surface area (Å²) in [5.74, 6) is 2.14. The molecule has 1 fully saturated rings. The van der Waals surface area contributed by atoms with Crippen molar-refractivity contribution in [1.82, 2.24) is 14.9 Å². The Kier molecular flexibility index (Phi) is 6.83. The Balaban J connectivity index is 1.31. The Morgan fingerprint density at radius 2 is 1.58 bits per heavy atom. The molecule has 0 radical (unpaired) electrons. The number of carbonyl (C=O) groups is 2. The number of hydrogen-bond donors (Lipinski definition) is 0. The molecule has 0 N–H and O–H groups in total.